The first-order valence-electron chi connectivity index (χ1n) is 5.57. The van der Waals surface area contributed by atoms with Gasteiger partial charge in [-0.05, 0) is 38.1 Å². The first kappa shape index (κ1) is 12.0. The van der Waals surface area contributed by atoms with E-state index in [0.717, 1.165) is 6.42 Å². The molecule has 4 heteroatoms. The average molecular weight is 250 g/mol. The van der Waals surface area contributed by atoms with Crippen LogP contribution in [0.2, 0.25) is 0 Å². The Kier molecular flexibility index (Phi) is 3.74. The first-order valence-corrected chi connectivity index (χ1v) is 6.38. The minimum Gasteiger partial charge on any atom is -0.367 e. The molecule has 0 aromatic carbocycles. The number of aromatic nitrogens is 1. The van der Waals surface area contributed by atoms with Gasteiger partial charge in [-0.25, -0.2) is 9.37 Å². The minimum absolute atomic E-state index is 0.283. The Balaban J connectivity index is 1.93. The molecule has 2 aromatic rings. The maximum Gasteiger partial charge on any atom is 0.141 e. The molecule has 1 unspecified atom stereocenters. The topological polar surface area (TPSA) is 24.9 Å². The summed E-state index contributed by atoms with van der Waals surface area (Å²) in [6, 6.07) is 7.63. The van der Waals surface area contributed by atoms with Crippen molar-refractivity contribution >= 4 is 17.2 Å². The standard InChI is InChI=1S/C13H15FN2S/c1-9(7-12-5-3-10(2)17-12)16-13-6-4-11(14)8-15-13/h3-6,8-9H,7H2,1-2H3,(H,15,16). The van der Waals surface area contributed by atoms with Crippen LogP contribution < -0.4 is 5.32 Å². The van der Waals surface area contributed by atoms with Gasteiger partial charge in [-0.1, -0.05) is 0 Å². The molecule has 1 atom stereocenters. The molecule has 2 rings (SSSR count). The van der Waals surface area contributed by atoms with E-state index in [1.54, 1.807) is 6.07 Å². The number of nitrogens with zero attached hydrogens (tertiary/aromatic N) is 1. The quantitative estimate of drug-likeness (QED) is 0.896. The molecule has 0 aliphatic carbocycles. The summed E-state index contributed by atoms with van der Waals surface area (Å²) in [5.74, 6) is 0.407. The summed E-state index contributed by atoms with van der Waals surface area (Å²) in [5.41, 5.74) is 0. The predicted molar refractivity (Wildman–Crippen MR) is 70.0 cm³/mol. The van der Waals surface area contributed by atoms with Crippen LogP contribution in [0.1, 0.15) is 16.7 Å². The molecule has 2 heterocycles. The Bertz CT molecular complexity index is 478. The van der Waals surface area contributed by atoms with Crippen molar-refractivity contribution in [2.45, 2.75) is 26.3 Å². The monoisotopic (exact) mass is 250 g/mol. The fraction of sp³-hybridized carbons (Fsp3) is 0.308. The number of rotatable bonds is 4. The molecular formula is C13H15FN2S. The maximum absolute atomic E-state index is 12.7. The Labute approximate surface area is 105 Å². The average Bonchev–Trinajstić information content (AvgIpc) is 2.67. The number of hydrogen-bond donors (Lipinski definition) is 1. The van der Waals surface area contributed by atoms with E-state index in [9.17, 15) is 4.39 Å². The Hall–Kier alpha value is -1.42. The van der Waals surface area contributed by atoms with Crippen molar-refractivity contribution in [3.8, 4) is 0 Å². The molecular weight excluding hydrogens is 235 g/mol. The van der Waals surface area contributed by atoms with Crippen molar-refractivity contribution < 1.29 is 4.39 Å². The molecule has 0 aliphatic rings. The van der Waals surface area contributed by atoms with Crippen LogP contribution in [0, 0.1) is 12.7 Å². The zero-order chi connectivity index (χ0) is 12.3. The second kappa shape index (κ2) is 5.27. The fourth-order valence-electron chi connectivity index (χ4n) is 1.66. The van der Waals surface area contributed by atoms with E-state index >= 15 is 0 Å². The highest BCUT2D eigenvalue weighted by atomic mass is 32.1. The molecule has 17 heavy (non-hydrogen) atoms. The van der Waals surface area contributed by atoms with Gasteiger partial charge < -0.3 is 5.32 Å². The molecule has 0 saturated carbocycles. The summed E-state index contributed by atoms with van der Waals surface area (Å²) < 4.78 is 12.7. The van der Waals surface area contributed by atoms with Crippen molar-refractivity contribution in [3.05, 3.63) is 46.0 Å². The number of halogens is 1. The molecule has 0 radical (unpaired) electrons. The van der Waals surface area contributed by atoms with Crippen molar-refractivity contribution in [3.63, 3.8) is 0 Å². The summed E-state index contributed by atoms with van der Waals surface area (Å²) in [4.78, 5) is 6.66. The molecule has 2 nitrogen and oxygen atoms in total. The number of hydrogen-bond acceptors (Lipinski definition) is 3. The second-order valence-corrected chi connectivity index (χ2v) is 5.50. The summed E-state index contributed by atoms with van der Waals surface area (Å²) in [7, 11) is 0. The zero-order valence-corrected chi connectivity index (χ0v) is 10.7. The molecule has 0 spiro atoms. The van der Waals surface area contributed by atoms with Gasteiger partial charge >= 0.3 is 0 Å². The molecule has 90 valence electrons. The van der Waals surface area contributed by atoms with Crippen LogP contribution >= 0.6 is 11.3 Å². The maximum atomic E-state index is 12.7. The third kappa shape index (κ3) is 3.53. The van der Waals surface area contributed by atoms with Gasteiger partial charge in [0.15, 0.2) is 0 Å². The highest BCUT2D eigenvalue weighted by Crippen LogP contribution is 2.17. The highest BCUT2D eigenvalue weighted by Gasteiger charge is 2.06. The number of anilines is 1. The van der Waals surface area contributed by atoms with E-state index in [4.69, 9.17) is 0 Å². The molecule has 0 amide bonds. The normalized spacial score (nSPS) is 12.4. The van der Waals surface area contributed by atoms with Gasteiger partial charge in [-0.3, -0.25) is 0 Å². The largest absolute Gasteiger partial charge is 0.367 e. The van der Waals surface area contributed by atoms with E-state index in [-0.39, 0.29) is 11.9 Å². The summed E-state index contributed by atoms with van der Waals surface area (Å²) in [6.07, 6.45) is 2.18. The summed E-state index contributed by atoms with van der Waals surface area (Å²) in [5, 5.41) is 3.26. The first-order chi connectivity index (χ1) is 8.13. The van der Waals surface area contributed by atoms with Crippen molar-refractivity contribution in [1.29, 1.82) is 0 Å². The van der Waals surface area contributed by atoms with Crippen LogP contribution in [0.25, 0.3) is 0 Å². The smallest absolute Gasteiger partial charge is 0.141 e. The van der Waals surface area contributed by atoms with E-state index in [1.807, 2.05) is 11.3 Å². The molecule has 0 aliphatic heterocycles. The van der Waals surface area contributed by atoms with E-state index in [2.05, 4.69) is 36.3 Å². The SMILES string of the molecule is Cc1ccc(CC(C)Nc2ccc(F)cn2)s1. The third-order valence-corrected chi connectivity index (χ3v) is 3.45. The van der Waals surface area contributed by atoms with Crippen LogP contribution in [-0.4, -0.2) is 11.0 Å². The number of aryl methyl sites for hydroxylation is 1. The van der Waals surface area contributed by atoms with Gasteiger partial charge in [-0.15, -0.1) is 11.3 Å². The summed E-state index contributed by atoms with van der Waals surface area (Å²) in [6.45, 7) is 4.20. The van der Waals surface area contributed by atoms with Crippen molar-refractivity contribution in [1.82, 2.24) is 4.98 Å². The van der Waals surface area contributed by atoms with Gasteiger partial charge in [0.1, 0.15) is 11.6 Å². The van der Waals surface area contributed by atoms with Gasteiger partial charge in [0.05, 0.1) is 6.20 Å². The van der Waals surface area contributed by atoms with Crippen LogP contribution in [0.4, 0.5) is 10.2 Å². The predicted octanol–water partition coefficient (Wildman–Crippen LogP) is 3.63. The lowest BCUT2D eigenvalue weighted by molar-refractivity contribution is 0.621. The van der Waals surface area contributed by atoms with E-state index < -0.39 is 0 Å². The number of pyridine rings is 1. The summed E-state index contributed by atoms with van der Waals surface area (Å²) >= 11 is 1.81. The van der Waals surface area contributed by atoms with Gasteiger partial charge in [-0.2, -0.15) is 0 Å². The third-order valence-electron chi connectivity index (χ3n) is 2.43. The minimum atomic E-state index is -0.308. The second-order valence-electron chi connectivity index (χ2n) is 4.12. The van der Waals surface area contributed by atoms with Crippen LogP contribution in [0.5, 0.6) is 0 Å². The van der Waals surface area contributed by atoms with Crippen molar-refractivity contribution in [2.24, 2.45) is 0 Å². The lowest BCUT2D eigenvalue weighted by Gasteiger charge is -2.13. The molecule has 0 saturated heterocycles. The lowest BCUT2D eigenvalue weighted by atomic mass is 10.2. The number of thiophene rings is 1. The van der Waals surface area contributed by atoms with E-state index in [0.29, 0.717) is 5.82 Å². The Morgan fingerprint density at radius 1 is 1.35 bits per heavy atom. The van der Waals surface area contributed by atoms with E-state index in [1.165, 1.54) is 22.0 Å². The van der Waals surface area contributed by atoms with Gasteiger partial charge in [0, 0.05) is 22.2 Å². The fourth-order valence-corrected chi connectivity index (χ4v) is 2.68. The van der Waals surface area contributed by atoms with Crippen LogP contribution in [0.3, 0.4) is 0 Å². The molecule has 0 bridgehead atoms. The lowest BCUT2D eigenvalue weighted by Crippen LogP contribution is -2.18. The van der Waals surface area contributed by atoms with Crippen LogP contribution in [0.15, 0.2) is 30.5 Å². The van der Waals surface area contributed by atoms with Crippen molar-refractivity contribution in [2.75, 3.05) is 5.32 Å². The zero-order valence-electron chi connectivity index (χ0n) is 9.90. The van der Waals surface area contributed by atoms with Gasteiger partial charge in [0.25, 0.3) is 0 Å². The molecule has 1 N–H and O–H groups in total. The Morgan fingerprint density at radius 2 is 2.18 bits per heavy atom. The van der Waals surface area contributed by atoms with Crippen LogP contribution in [-0.2, 0) is 6.42 Å². The molecule has 2 aromatic heterocycles. The Morgan fingerprint density at radius 3 is 2.76 bits per heavy atom. The molecule has 0 fully saturated rings. The highest BCUT2D eigenvalue weighted by molar-refractivity contribution is 7.11. The van der Waals surface area contributed by atoms with Gasteiger partial charge in [0.2, 0.25) is 0 Å². The number of nitrogens with one attached hydrogen (secondary N) is 1.